The molecule has 1 aliphatic rings. The van der Waals surface area contributed by atoms with E-state index in [0.717, 1.165) is 17.7 Å². The lowest BCUT2D eigenvalue weighted by Crippen LogP contribution is -2.40. The molecular weight excluding hydrogens is 437 g/mol. The standard InChI is InChI=1S/C25H25F3O5/c1-23(2,3)22(31)32-15-24(14-29)13-19(21(30)33-24)12-16-4-6-17(7-5-16)18-8-10-20(11-9-18)25(26,27)28/h4-12,29H,13-15H2,1-3H3/b19-12+. The number of carbonyl (C=O) groups excluding carboxylic acids is 2. The number of carbonyl (C=O) groups is 2. The van der Waals surface area contributed by atoms with Gasteiger partial charge in [0.05, 0.1) is 17.6 Å². The normalized spacial score (nSPS) is 20.1. The molecule has 33 heavy (non-hydrogen) atoms. The van der Waals surface area contributed by atoms with Gasteiger partial charge in [0.1, 0.15) is 6.61 Å². The summed E-state index contributed by atoms with van der Waals surface area (Å²) in [6.07, 6.45) is -2.71. The quantitative estimate of drug-likeness (QED) is 0.499. The predicted molar refractivity (Wildman–Crippen MR) is 116 cm³/mol. The van der Waals surface area contributed by atoms with Gasteiger partial charge in [-0.05, 0) is 55.7 Å². The maximum Gasteiger partial charge on any atom is 0.416 e. The molecule has 3 rings (SSSR count). The van der Waals surface area contributed by atoms with Gasteiger partial charge in [0, 0.05) is 12.0 Å². The van der Waals surface area contributed by atoms with Crippen LogP contribution in [0.4, 0.5) is 13.2 Å². The molecule has 5 nitrogen and oxygen atoms in total. The summed E-state index contributed by atoms with van der Waals surface area (Å²) in [6.45, 7) is 4.33. The zero-order valence-electron chi connectivity index (χ0n) is 18.5. The molecule has 0 saturated carbocycles. The molecular formula is C25H25F3O5. The van der Waals surface area contributed by atoms with Crippen molar-refractivity contribution in [3.05, 3.63) is 65.2 Å². The molecule has 2 aromatic rings. The summed E-state index contributed by atoms with van der Waals surface area (Å²) in [7, 11) is 0. The number of hydrogen-bond donors (Lipinski definition) is 1. The van der Waals surface area contributed by atoms with Crippen LogP contribution in [0.2, 0.25) is 0 Å². The Bertz CT molecular complexity index is 1050. The molecule has 0 aliphatic carbocycles. The molecule has 1 aliphatic heterocycles. The van der Waals surface area contributed by atoms with Crippen molar-refractivity contribution in [1.82, 2.24) is 0 Å². The Kier molecular flexibility index (Phi) is 6.70. The Morgan fingerprint density at radius 1 is 1.06 bits per heavy atom. The van der Waals surface area contributed by atoms with Gasteiger partial charge in [-0.3, -0.25) is 4.79 Å². The largest absolute Gasteiger partial charge is 0.461 e. The van der Waals surface area contributed by atoms with Crippen LogP contribution in [0.25, 0.3) is 17.2 Å². The number of halogens is 3. The molecule has 1 unspecified atom stereocenters. The van der Waals surface area contributed by atoms with Crippen molar-refractivity contribution in [3.8, 4) is 11.1 Å². The Morgan fingerprint density at radius 2 is 1.61 bits per heavy atom. The average Bonchev–Trinajstić information content (AvgIpc) is 3.07. The van der Waals surface area contributed by atoms with E-state index < -0.39 is 41.3 Å². The van der Waals surface area contributed by atoms with Gasteiger partial charge in [-0.25, -0.2) is 4.79 Å². The molecule has 0 radical (unpaired) electrons. The predicted octanol–water partition coefficient (Wildman–Crippen LogP) is 5.02. The summed E-state index contributed by atoms with van der Waals surface area (Å²) >= 11 is 0. The van der Waals surface area contributed by atoms with Crippen LogP contribution in [-0.4, -0.2) is 35.9 Å². The van der Waals surface area contributed by atoms with Gasteiger partial charge in [-0.2, -0.15) is 13.2 Å². The number of ether oxygens (including phenoxy) is 2. The Morgan fingerprint density at radius 3 is 2.09 bits per heavy atom. The lowest BCUT2D eigenvalue weighted by molar-refractivity contribution is -0.171. The third-order valence-electron chi connectivity index (χ3n) is 5.25. The summed E-state index contributed by atoms with van der Waals surface area (Å²) in [5.74, 6) is -1.08. The van der Waals surface area contributed by atoms with Crippen LogP contribution < -0.4 is 0 Å². The first-order chi connectivity index (χ1) is 15.3. The molecule has 8 heteroatoms. The number of esters is 2. The van der Waals surface area contributed by atoms with Crippen molar-refractivity contribution >= 4 is 18.0 Å². The maximum absolute atomic E-state index is 12.7. The fourth-order valence-corrected chi connectivity index (χ4v) is 3.28. The highest BCUT2D eigenvalue weighted by Crippen LogP contribution is 2.34. The number of rotatable bonds is 5. The molecule has 176 valence electrons. The summed E-state index contributed by atoms with van der Waals surface area (Å²) < 4.78 is 48.8. The zero-order valence-corrected chi connectivity index (χ0v) is 18.5. The van der Waals surface area contributed by atoms with Crippen molar-refractivity contribution in [2.45, 2.75) is 39.0 Å². The average molecular weight is 462 g/mol. The minimum absolute atomic E-state index is 0.0699. The molecule has 0 aromatic heterocycles. The monoisotopic (exact) mass is 462 g/mol. The highest BCUT2D eigenvalue weighted by molar-refractivity contribution is 5.96. The van der Waals surface area contributed by atoms with Gasteiger partial charge < -0.3 is 14.6 Å². The van der Waals surface area contributed by atoms with Crippen LogP contribution in [-0.2, 0) is 25.2 Å². The van der Waals surface area contributed by atoms with Gasteiger partial charge in [-0.15, -0.1) is 0 Å². The molecule has 0 bridgehead atoms. The van der Waals surface area contributed by atoms with Crippen molar-refractivity contribution in [1.29, 1.82) is 0 Å². The maximum atomic E-state index is 12.7. The summed E-state index contributed by atoms with van der Waals surface area (Å²) in [5.41, 5.74) is -0.429. The molecule has 1 saturated heterocycles. The number of alkyl halides is 3. The molecule has 1 atom stereocenters. The second-order valence-corrected chi connectivity index (χ2v) is 9.10. The van der Waals surface area contributed by atoms with Crippen LogP contribution >= 0.6 is 0 Å². The molecule has 0 amide bonds. The highest BCUT2D eigenvalue weighted by Gasteiger charge is 2.45. The van der Waals surface area contributed by atoms with Crippen molar-refractivity contribution in [2.75, 3.05) is 13.2 Å². The van der Waals surface area contributed by atoms with E-state index in [1.54, 1.807) is 51.1 Å². The summed E-state index contributed by atoms with van der Waals surface area (Å²) in [4.78, 5) is 24.4. The number of benzene rings is 2. The first kappa shape index (κ1) is 24.5. The number of aliphatic hydroxyl groups excluding tert-OH is 1. The summed E-state index contributed by atoms with van der Waals surface area (Å²) in [5, 5.41) is 9.80. The Labute approximate surface area is 189 Å². The van der Waals surface area contributed by atoms with Crippen molar-refractivity contribution < 1.29 is 37.3 Å². The molecule has 0 spiro atoms. The van der Waals surface area contributed by atoms with Gasteiger partial charge in [-0.1, -0.05) is 36.4 Å². The minimum Gasteiger partial charge on any atom is -0.461 e. The van der Waals surface area contributed by atoms with E-state index in [2.05, 4.69) is 0 Å². The van der Waals surface area contributed by atoms with E-state index in [-0.39, 0.29) is 13.0 Å². The van der Waals surface area contributed by atoms with Gasteiger partial charge >= 0.3 is 18.1 Å². The van der Waals surface area contributed by atoms with Crippen LogP contribution in [0.15, 0.2) is 54.1 Å². The zero-order chi connectivity index (χ0) is 24.4. The topological polar surface area (TPSA) is 72.8 Å². The van der Waals surface area contributed by atoms with E-state index in [0.29, 0.717) is 16.7 Å². The fourth-order valence-electron chi connectivity index (χ4n) is 3.28. The van der Waals surface area contributed by atoms with E-state index in [4.69, 9.17) is 9.47 Å². The molecule has 1 N–H and O–H groups in total. The fraction of sp³-hybridized carbons (Fsp3) is 0.360. The molecule has 2 aromatic carbocycles. The summed E-state index contributed by atoms with van der Waals surface area (Å²) in [6, 6.07) is 11.8. The van der Waals surface area contributed by atoms with E-state index >= 15 is 0 Å². The van der Waals surface area contributed by atoms with E-state index in [9.17, 15) is 27.9 Å². The van der Waals surface area contributed by atoms with Crippen molar-refractivity contribution in [2.24, 2.45) is 5.41 Å². The lowest BCUT2D eigenvalue weighted by atomic mass is 9.96. The number of aliphatic hydroxyl groups is 1. The third-order valence-corrected chi connectivity index (χ3v) is 5.25. The Balaban J connectivity index is 1.73. The van der Waals surface area contributed by atoms with Crippen LogP contribution in [0.1, 0.15) is 38.3 Å². The SMILES string of the molecule is CC(C)(C)C(=O)OCC1(CO)C/C(=C\c2ccc(-c3ccc(C(F)(F)F)cc3)cc2)C(=O)O1. The first-order valence-electron chi connectivity index (χ1n) is 10.3. The lowest BCUT2D eigenvalue weighted by Gasteiger charge is -2.26. The number of hydrogen-bond acceptors (Lipinski definition) is 5. The van der Waals surface area contributed by atoms with Crippen LogP contribution in [0.3, 0.4) is 0 Å². The smallest absolute Gasteiger partial charge is 0.416 e. The molecule has 1 fully saturated rings. The van der Waals surface area contributed by atoms with Gasteiger partial charge in [0.2, 0.25) is 0 Å². The second kappa shape index (κ2) is 9.02. The van der Waals surface area contributed by atoms with Gasteiger partial charge in [0.15, 0.2) is 5.60 Å². The van der Waals surface area contributed by atoms with Crippen LogP contribution in [0.5, 0.6) is 0 Å². The minimum atomic E-state index is -4.39. The first-order valence-corrected chi connectivity index (χ1v) is 10.3. The van der Waals surface area contributed by atoms with E-state index in [1.165, 1.54) is 12.1 Å². The molecule has 1 heterocycles. The van der Waals surface area contributed by atoms with E-state index in [1.807, 2.05) is 0 Å². The Hall–Kier alpha value is -3.13. The second-order valence-electron chi connectivity index (χ2n) is 9.10. The van der Waals surface area contributed by atoms with Crippen molar-refractivity contribution in [3.63, 3.8) is 0 Å². The number of cyclic esters (lactones) is 1. The van der Waals surface area contributed by atoms with Gasteiger partial charge in [0.25, 0.3) is 0 Å². The van der Waals surface area contributed by atoms with Crippen LogP contribution in [0, 0.1) is 5.41 Å². The third kappa shape index (κ3) is 5.82. The highest BCUT2D eigenvalue weighted by atomic mass is 19.4.